The topological polar surface area (TPSA) is 0 Å². The lowest BCUT2D eigenvalue weighted by molar-refractivity contribution is 0.603. The molecule has 2 rings (SSSR count). The number of benzene rings is 1. The summed E-state index contributed by atoms with van der Waals surface area (Å²) in [5.74, 6) is -0.831. The maximum absolute atomic E-state index is 13.2. The molecule has 1 radical (unpaired) electrons. The molecule has 0 aliphatic heterocycles. The van der Waals surface area contributed by atoms with Gasteiger partial charge in [0, 0.05) is 10.4 Å². The number of thiophene rings is 1. The fraction of sp³-hybridized carbons (Fsp3) is 0. The Kier molecular flexibility index (Phi) is 2.10. The fourth-order valence-corrected chi connectivity index (χ4v) is 1.75. The largest absolute Gasteiger partial charge is 0.207 e. The van der Waals surface area contributed by atoms with Crippen molar-refractivity contribution < 1.29 is 8.78 Å². The van der Waals surface area contributed by atoms with Crippen molar-refractivity contribution in [1.82, 2.24) is 0 Å². The van der Waals surface area contributed by atoms with Crippen LogP contribution in [0.2, 0.25) is 0 Å². The van der Waals surface area contributed by atoms with Crippen LogP contribution in [-0.4, -0.2) is 0 Å². The average Bonchev–Trinajstić information content (AvgIpc) is 2.61. The molecule has 1 aromatic carbocycles. The predicted octanol–water partition coefficient (Wildman–Crippen LogP) is 3.49. The van der Waals surface area contributed by atoms with E-state index in [9.17, 15) is 8.78 Å². The van der Waals surface area contributed by atoms with Crippen molar-refractivity contribution in [2.45, 2.75) is 0 Å². The van der Waals surface area contributed by atoms with E-state index in [0.29, 0.717) is 10.4 Å². The first kappa shape index (κ1) is 8.38. The van der Waals surface area contributed by atoms with Crippen LogP contribution >= 0.6 is 11.3 Å². The summed E-state index contributed by atoms with van der Waals surface area (Å²) in [5.41, 5.74) is 0.297. The van der Waals surface area contributed by atoms with Crippen LogP contribution in [0.4, 0.5) is 8.78 Å². The lowest BCUT2D eigenvalue weighted by atomic mass is 10.2. The summed E-state index contributed by atoms with van der Waals surface area (Å²) in [6.07, 6.45) is 0. The normalized spacial score (nSPS) is 10.3. The van der Waals surface area contributed by atoms with Gasteiger partial charge in [0.25, 0.3) is 0 Å². The van der Waals surface area contributed by atoms with Gasteiger partial charge in [0.05, 0.1) is 0 Å². The van der Waals surface area contributed by atoms with E-state index < -0.39 is 11.6 Å². The van der Waals surface area contributed by atoms with Gasteiger partial charge in [0.1, 0.15) is 11.6 Å². The molecule has 0 N–H and O–H groups in total. The van der Waals surface area contributed by atoms with E-state index in [-0.39, 0.29) is 0 Å². The molecule has 0 spiro atoms. The second-order valence-corrected chi connectivity index (χ2v) is 3.45. The Bertz CT molecular complexity index is 407. The minimum atomic E-state index is -0.426. The third kappa shape index (κ3) is 1.60. The first-order valence-electron chi connectivity index (χ1n) is 3.67. The Balaban J connectivity index is 2.57. The van der Waals surface area contributed by atoms with E-state index in [0.717, 1.165) is 12.1 Å². The van der Waals surface area contributed by atoms with E-state index in [1.165, 1.54) is 17.4 Å². The molecule has 0 aliphatic carbocycles. The van der Waals surface area contributed by atoms with E-state index in [1.807, 2.05) is 0 Å². The number of rotatable bonds is 1. The second-order valence-electron chi connectivity index (χ2n) is 2.54. The summed E-state index contributed by atoms with van der Waals surface area (Å²) >= 11 is 1.34. The Morgan fingerprint density at radius 3 is 2.77 bits per heavy atom. The zero-order chi connectivity index (χ0) is 9.26. The van der Waals surface area contributed by atoms with Crippen molar-refractivity contribution in [3.8, 4) is 10.4 Å². The van der Waals surface area contributed by atoms with Crippen LogP contribution in [0.3, 0.4) is 0 Å². The highest BCUT2D eigenvalue weighted by Crippen LogP contribution is 2.27. The van der Waals surface area contributed by atoms with Gasteiger partial charge in [-0.3, -0.25) is 0 Å². The zero-order valence-electron chi connectivity index (χ0n) is 6.55. The van der Waals surface area contributed by atoms with Gasteiger partial charge in [-0.1, -0.05) is 0 Å². The minimum absolute atomic E-state index is 0.297. The van der Waals surface area contributed by atoms with Gasteiger partial charge in [0.15, 0.2) is 0 Å². The van der Waals surface area contributed by atoms with Gasteiger partial charge in [-0.05, 0) is 35.7 Å². The zero-order valence-corrected chi connectivity index (χ0v) is 7.37. The van der Waals surface area contributed by atoms with Crippen molar-refractivity contribution in [3.05, 3.63) is 47.3 Å². The first-order chi connectivity index (χ1) is 6.27. The predicted molar refractivity (Wildman–Crippen MR) is 48.5 cm³/mol. The molecule has 0 saturated heterocycles. The molecule has 65 valence electrons. The molecule has 0 aliphatic rings. The second kappa shape index (κ2) is 3.26. The lowest BCUT2D eigenvalue weighted by Crippen LogP contribution is -1.82. The molecule has 13 heavy (non-hydrogen) atoms. The van der Waals surface area contributed by atoms with Crippen LogP contribution in [0.1, 0.15) is 0 Å². The van der Waals surface area contributed by atoms with Crippen molar-refractivity contribution in [2.75, 3.05) is 0 Å². The number of halogens is 2. The van der Waals surface area contributed by atoms with Gasteiger partial charge >= 0.3 is 0 Å². The number of hydrogen-bond donors (Lipinski definition) is 0. The molecular weight excluding hydrogens is 190 g/mol. The third-order valence-electron chi connectivity index (χ3n) is 1.66. The Morgan fingerprint density at radius 1 is 1.23 bits per heavy atom. The maximum atomic E-state index is 13.2. The van der Waals surface area contributed by atoms with Crippen LogP contribution < -0.4 is 0 Å². The standard InChI is InChI=1S/C10H5F2S/c11-7-3-4-9(12)8(6-7)10-2-1-5-13-10/h2-6H. The molecule has 0 bridgehead atoms. The lowest BCUT2D eigenvalue weighted by Gasteiger charge is -1.98. The molecule has 0 amide bonds. The van der Waals surface area contributed by atoms with E-state index in [2.05, 4.69) is 6.07 Å². The van der Waals surface area contributed by atoms with Crippen LogP contribution in [-0.2, 0) is 0 Å². The SMILES string of the molecule is Fc1ccc(F)c(-c2c[c]cs2)c1. The summed E-state index contributed by atoms with van der Waals surface area (Å²) in [6.45, 7) is 0. The van der Waals surface area contributed by atoms with Crippen LogP contribution in [0.25, 0.3) is 10.4 Å². The monoisotopic (exact) mass is 195 g/mol. The summed E-state index contributed by atoms with van der Waals surface area (Å²) in [5, 5.41) is 1.71. The van der Waals surface area contributed by atoms with Crippen molar-refractivity contribution in [2.24, 2.45) is 0 Å². The highest BCUT2D eigenvalue weighted by Gasteiger charge is 2.06. The molecule has 0 atom stereocenters. The fourth-order valence-electron chi connectivity index (χ4n) is 1.07. The first-order valence-corrected chi connectivity index (χ1v) is 4.55. The molecule has 0 nitrogen and oxygen atoms in total. The van der Waals surface area contributed by atoms with Crippen molar-refractivity contribution in [1.29, 1.82) is 0 Å². The van der Waals surface area contributed by atoms with E-state index in [4.69, 9.17) is 0 Å². The smallest absolute Gasteiger partial charge is 0.132 e. The van der Waals surface area contributed by atoms with E-state index >= 15 is 0 Å². The Morgan fingerprint density at radius 2 is 2.08 bits per heavy atom. The molecule has 0 saturated carbocycles. The molecule has 0 unspecified atom stereocenters. The Labute approximate surface area is 78.5 Å². The molecule has 3 heteroatoms. The average molecular weight is 195 g/mol. The minimum Gasteiger partial charge on any atom is -0.207 e. The highest BCUT2D eigenvalue weighted by molar-refractivity contribution is 7.13. The molecule has 1 aromatic heterocycles. The Hall–Kier alpha value is -1.22. The summed E-state index contributed by atoms with van der Waals surface area (Å²) in [7, 11) is 0. The van der Waals surface area contributed by atoms with Gasteiger partial charge in [-0.15, -0.1) is 11.3 Å². The van der Waals surface area contributed by atoms with Gasteiger partial charge in [-0.25, -0.2) is 8.78 Å². The quantitative estimate of drug-likeness (QED) is 0.653. The van der Waals surface area contributed by atoms with Crippen LogP contribution in [0.5, 0.6) is 0 Å². The van der Waals surface area contributed by atoms with Gasteiger partial charge in [-0.2, -0.15) is 0 Å². The van der Waals surface area contributed by atoms with Crippen LogP contribution in [0.15, 0.2) is 29.6 Å². The summed E-state index contributed by atoms with van der Waals surface area (Å²) < 4.78 is 25.9. The van der Waals surface area contributed by atoms with E-state index in [1.54, 1.807) is 11.4 Å². The molecule has 0 fully saturated rings. The summed E-state index contributed by atoms with van der Waals surface area (Å²) in [4.78, 5) is 0.692. The molecular formula is C10H5F2S. The summed E-state index contributed by atoms with van der Waals surface area (Å²) in [6, 6.07) is 7.87. The third-order valence-corrected chi connectivity index (χ3v) is 2.51. The molecule has 2 aromatic rings. The maximum Gasteiger partial charge on any atom is 0.132 e. The number of hydrogen-bond acceptors (Lipinski definition) is 1. The highest BCUT2D eigenvalue weighted by atomic mass is 32.1. The van der Waals surface area contributed by atoms with Gasteiger partial charge < -0.3 is 0 Å². The van der Waals surface area contributed by atoms with Gasteiger partial charge in [0.2, 0.25) is 0 Å². The van der Waals surface area contributed by atoms with Crippen molar-refractivity contribution in [3.63, 3.8) is 0 Å². The van der Waals surface area contributed by atoms with Crippen molar-refractivity contribution >= 4 is 11.3 Å². The molecule has 1 heterocycles. The van der Waals surface area contributed by atoms with Crippen LogP contribution in [0, 0.1) is 17.7 Å².